The van der Waals surface area contributed by atoms with Crippen LogP contribution in [0.3, 0.4) is 0 Å². The van der Waals surface area contributed by atoms with Crippen LogP contribution in [0.1, 0.15) is 30.5 Å². The molecule has 1 heterocycles. The summed E-state index contributed by atoms with van der Waals surface area (Å²) < 4.78 is 52.7. The van der Waals surface area contributed by atoms with Crippen LogP contribution in [-0.4, -0.2) is 21.6 Å². The number of nitrogens with one attached hydrogen (secondary N) is 1. The Morgan fingerprint density at radius 3 is 2.88 bits per heavy atom. The third-order valence-corrected chi connectivity index (χ3v) is 5.58. The number of hydrogen-bond acceptors (Lipinski definition) is 4. The van der Waals surface area contributed by atoms with Gasteiger partial charge in [-0.2, -0.15) is 0 Å². The fraction of sp³-hybridized carbons (Fsp3) is 0.333. The zero-order valence-corrected chi connectivity index (χ0v) is 15.7. The molecule has 2 aromatic rings. The van der Waals surface area contributed by atoms with Gasteiger partial charge in [-0.05, 0) is 43.3 Å². The Balaban J connectivity index is 1.82. The highest BCUT2D eigenvalue weighted by Crippen LogP contribution is 2.35. The van der Waals surface area contributed by atoms with Crippen LogP contribution < -0.4 is 14.2 Å². The topological polar surface area (TPSA) is 64.6 Å². The zero-order valence-electron chi connectivity index (χ0n) is 14.2. The minimum absolute atomic E-state index is 0.0281. The first kappa shape index (κ1) is 18.9. The fourth-order valence-electron chi connectivity index (χ4n) is 2.87. The molecule has 0 radical (unpaired) electrons. The summed E-state index contributed by atoms with van der Waals surface area (Å²) in [7, 11) is -3.79. The van der Waals surface area contributed by atoms with Crippen LogP contribution in [0.25, 0.3) is 0 Å². The number of benzene rings is 2. The molecule has 1 aliphatic heterocycles. The molecule has 1 N–H and O–H groups in total. The summed E-state index contributed by atoms with van der Waals surface area (Å²) in [5, 5.41) is 0.286. The molecule has 140 valence electrons. The maximum Gasteiger partial charge on any atom is 0.216 e. The van der Waals surface area contributed by atoms with E-state index in [1.807, 2.05) is 6.92 Å². The van der Waals surface area contributed by atoms with Crippen LogP contribution in [0.5, 0.6) is 11.5 Å². The minimum atomic E-state index is -3.79. The summed E-state index contributed by atoms with van der Waals surface area (Å²) >= 11 is 5.84. The SMILES string of the molecule is CCOc1ccc2c(c1)C(NS(=O)(=O)Cc1cc(Cl)ccc1F)CCO2. The molecule has 1 unspecified atom stereocenters. The predicted octanol–water partition coefficient (Wildman–Crippen LogP) is 3.82. The maximum absolute atomic E-state index is 13.9. The van der Waals surface area contributed by atoms with Crippen molar-refractivity contribution in [3.05, 3.63) is 58.4 Å². The van der Waals surface area contributed by atoms with Crippen LogP contribution in [0.2, 0.25) is 5.02 Å². The third kappa shape index (κ3) is 4.47. The van der Waals surface area contributed by atoms with Crippen molar-refractivity contribution < 1.29 is 22.3 Å². The molecule has 0 aliphatic carbocycles. The van der Waals surface area contributed by atoms with E-state index in [1.54, 1.807) is 18.2 Å². The Hall–Kier alpha value is -1.83. The highest BCUT2D eigenvalue weighted by atomic mass is 35.5. The second-order valence-electron chi connectivity index (χ2n) is 5.94. The van der Waals surface area contributed by atoms with E-state index in [4.69, 9.17) is 21.1 Å². The van der Waals surface area contributed by atoms with Crippen LogP contribution in [0, 0.1) is 5.82 Å². The van der Waals surface area contributed by atoms with Crippen molar-refractivity contribution in [2.45, 2.75) is 25.1 Å². The summed E-state index contributed by atoms with van der Waals surface area (Å²) in [5.41, 5.74) is 0.734. The average molecular weight is 400 g/mol. The van der Waals surface area contributed by atoms with Gasteiger partial charge in [0.05, 0.1) is 25.0 Å². The van der Waals surface area contributed by atoms with Crippen molar-refractivity contribution in [3.63, 3.8) is 0 Å². The fourth-order valence-corrected chi connectivity index (χ4v) is 4.46. The van der Waals surface area contributed by atoms with Gasteiger partial charge in [0.15, 0.2) is 0 Å². The largest absolute Gasteiger partial charge is 0.494 e. The molecule has 26 heavy (non-hydrogen) atoms. The van der Waals surface area contributed by atoms with Crippen LogP contribution in [0.4, 0.5) is 4.39 Å². The summed E-state index contributed by atoms with van der Waals surface area (Å²) in [6, 6.07) is 8.70. The molecule has 0 saturated heterocycles. The minimum Gasteiger partial charge on any atom is -0.494 e. The number of ether oxygens (including phenoxy) is 2. The van der Waals surface area contributed by atoms with E-state index in [2.05, 4.69) is 4.72 Å². The van der Waals surface area contributed by atoms with Crippen molar-refractivity contribution in [3.8, 4) is 11.5 Å². The van der Waals surface area contributed by atoms with Crippen molar-refractivity contribution >= 4 is 21.6 Å². The standard InChI is InChI=1S/C18H19ClFNO4S/c1-2-24-14-4-6-18-15(10-14)17(7-8-25-18)21-26(22,23)11-12-9-13(19)3-5-16(12)20/h3-6,9-10,17,21H,2,7-8,11H2,1H3. The summed E-state index contributed by atoms with van der Waals surface area (Å²) in [5.74, 6) is 0.158. The normalized spacial score (nSPS) is 16.7. The average Bonchev–Trinajstić information content (AvgIpc) is 2.58. The van der Waals surface area contributed by atoms with Crippen molar-refractivity contribution in [2.75, 3.05) is 13.2 Å². The molecule has 2 aromatic carbocycles. The molecular formula is C18H19ClFNO4S. The van der Waals surface area contributed by atoms with Gasteiger partial charge in [-0.3, -0.25) is 0 Å². The van der Waals surface area contributed by atoms with Gasteiger partial charge in [0.2, 0.25) is 10.0 Å². The molecule has 3 rings (SSSR count). The van der Waals surface area contributed by atoms with E-state index < -0.39 is 27.6 Å². The summed E-state index contributed by atoms with van der Waals surface area (Å²) in [4.78, 5) is 0. The molecule has 5 nitrogen and oxygen atoms in total. The molecule has 0 saturated carbocycles. The lowest BCUT2D eigenvalue weighted by Gasteiger charge is -2.27. The quantitative estimate of drug-likeness (QED) is 0.802. The van der Waals surface area contributed by atoms with Gasteiger partial charge in [0, 0.05) is 22.6 Å². The maximum atomic E-state index is 13.9. The smallest absolute Gasteiger partial charge is 0.216 e. The van der Waals surface area contributed by atoms with Crippen molar-refractivity contribution in [2.24, 2.45) is 0 Å². The molecule has 0 amide bonds. The van der Waals surface area contributed by atoms with E-state index in [0.29, 0.717) is 36.7 Å². The molecule has 1 aliphatic rings. The molecule has 1 atom stereocenters. The van der Waals surface area contributed by atoms with Gasteiger partial charge in [-0.1, -0.05) is 11.6 Å². The van der Waals surface area contributed by atoms with E-state index in [9.17, 15) is 12.8 Å². The Morgan fingerprint density at radius 1 is 1.31 bits per heavy atom. The first-order chi connectivity index (χ1) is 12.4. The summed E-state index contributed by atoms with van der Waals surface area (Å²) in [6.45, 7) is 2.76. The second-order valence-corrected chi connectivity index (χ2v) is 8.13. The Labute approximate surface area is 157 Å². The molecule has 0 fully saturated rings. The van der Waals surface area contributed by atoms with Crippen LogP contribution in [-0.2, 0) is 15.8 Å². The lowest BCUT2D eigenvalue weighted by molar-refractivity contribution is 0.261. The molecule has 8 heteroatoms. The van der Waals surface area contributed by atoms with Crippen molar-refractivity contribution in [1.29, 1.82) is 0 Å². The van der Waals surface area contributed by atoms with E-state index in [1.165, 1.54) is 12.1 Å². The lowest BCUT2D eigenvalue weighted by atomic mass is 10.0. The number of sulfonamides is 1. The van der Waals surface area contributed by atoms with Gasteiger partial charge in [0.1, 0.15) is 17.3 Å². The number of fused-ring (bicyclic) bond motifs is 1. The van der Waals surface area contributed by atoms with Gasteiger partial charge < -0.3 is 9.47 Å². The third-order valence-electron chi connectivity index (χ3n) is 4.01. The molecule has 0 bridgehead atoms. The van der Waals surface area contributed by atoms with Gasteiger partial charge in [-0.15, -0.1) is 0 Å². The van der Waals surface area contributed by atoms with E-state index in [0.717, 1.165) is 6.07 Å². The predicted molar refractivity (Wildman–Crippen MR) is 97.6 cm³/mol. The lowest BCUT2D eigenvalue weighted by Crippen LogP contribution is -2.33. The van der Waals surface area contributed by atoms with E-state index in [-0.39, 0.29) is 10.6 Å². The number of hydrogen-bond donors (Lipinski definition) is 1. The molecule has 0 spiro atoms. The molecule has 0 aromatic heterocycles. The van der Waals surface area contributed by atoms with Gasteiger partial charge >= 0.3 is 0 Å². The van der Waals surface area contributed by atoms with Crippen molar-refractivity contribution in [1.82, 2.24) is 4.72 Å². The van der Waals surface area contributed by atoms with Crippen LogP contribution >= 0.6 is 11.6 Å². The highest BCUT2D eigenvalue weighted by Gasteiger charge is 2.27. The zero-order chi connectivity index (χ0) is 18.7. The van der Waals surface area contributed by atoms with Gasteiger partial charge in [-0.25, -0.2) is 17.5 Å². The van der Waals surface area contributed by atoms with Crippen LogP contribution in [0.15, 0.2) is 36.4 Å². The number of halogens is 2. The van der Waals surface area contributed by atoms with Gasteiger partial charge in [0.25, 0.3) is 0 Å². The highest BCUT2D eigenvalue weighted by molar-refractivity contribution is 7.88. The second kappa shape index (κ2) is 7.82. The summed E-state index contributed by atoms with van der Waals surface area (Å²) in [6.07, 6.45) is 0.472. The number of rotatable bonds is 6. The molecular weight excluding hydrogens is 381 g/mol. The Bertz CT molecular complexity index is 904. The monoisotopic (exact) mass is 399 g/mol. The first-order valence-electron chi connectivity index (χ1n) is 8.21. The Morgan fingerprint density at radius 2 is 2.12 bits per heavy atom. The Kier molecular flexibility index (Phi) is 5.70. The first-order valence-corrected chi connectivity index (χ1v) is 10.2. The van der Waals surface area contributed by atoms with E-state index >= 15 is 0 Å².